The summed E-state index contributed by atoms with van der Waals surface area (Å²) in [7, 11) is 2.51. The summed E-state index contributed by atoms with van der Waals surface area (Å²) in [6, 6.07) is 26.8. The van der Waals surface area contributed by atoms with Crippen molar-refractivity contribution in [2.24, 2.45) is 5.73 Å². The number of hydrogen-bond acceptors (Lipinski definition) is 9. The minimum Gasteiger partial charge on any atom is -0.461 e. The number of aromatic nitrogens is 1. The number of anilines is 1. The van der Waals surface area contributed by atoms with Crippen molar-refractivity contribution in [2.75, 3.05) is 26.0 Å². The quantitative estimate of drug-likeness (QED) is 0.0385. The van der Waals surface area contributed by atoms with Gasteiger partial charge in [-0.3, -0.25) is 24.0 Å². The summed E-state index contributed by atoms with van der Waals surface area (Å²) < 4.78 is 10.3. The number of ether oxygens (including phenoxy) is 2. The average molecular weight is 889 g/mol. The van der Waals surface area contributed by atoms with Crippen molar-refractivity contribution in [3.63, 3.8) is 0 Å². The Morgan fingerprint density at radius 1 is 0.723 bits per heavy atom. The van der Waals surface area contributed by atoms with Gasteiger partial charge in [0, 0.05) is 49.2 Å². The molecule has 0 saturated heterocycles. The molecule has 0 unspecified atom stereocenters. The van der Waals surface area contributed by atoms with E-state index in [1.54, 1.807) is 79.0 Å². The highest BCUT2D eigenvalue weighted by Gasteiger charge is 2.35. The second kappa shape index (κ2) is 24.2. The highest BCUT2D eigenvalue weighted by molar-refractivity contribution is 5.97. The van der Waals surface area contributed by atoms with Crippen LogP contribution in [0.3, 0.4) is 0 Å². The number of primary amides is 1. The van der Waals surface area contributed by atoms with Crippen molar-refractivity contribution in [1.29, 1.82) is 0 Å². The van der Waals surface area contributed by atoms with E-state index in [0.717, 1.165) is 28.5 Å². The maximum atomic E-state index is 14.4. The average Bonchev–Trinajstić information content (AvgIpc) is 3.72. The molecule has 4 atom stereocenters. The highest BCUT2D eigenvalue weighted by Crippen LogP contribution is 2.20. The van der Waals surface area contributed by atoms with Crippen LogP contribution in [0.5, 0.6) is 0 Å². The number of nitrogens with zero attached hydrogens (tertiary/aromatic N) is 1. The zero-order valence-electron chi connectivity index (χ0n) is 36.6. The normalized spacial score (nSPS) is 12.7. The number of hydrogen-bond donors (Lipinski definition) is 7. The van der Waals surface area contributed by atoms with Crippen LogP contribution in [0.1, 0.15) is 47.9 Å². The summed E-state index contributed by atoms with van der Waals surface area (Å²) in [4.78, 5) is 98.6. The van der Waals surface area contributed by atoms with Crippen molar-refractivity contribution in [1.82, 2.24) is 31.2 Å². The van der Waals surface area contributed by atoms with E-state index in [2.05, 4.69) is 31.6 Å². The van der Waals surface area contributed by atoms with Gasteiger partial charge in [0.05, 0.1) is 13.5 Å². The van der Waals surface area contributed by atoms with Gasteiger partial charge in [-0.05, 0) is 60.6 Å². The lowest BCUT2D eigenvalue weighted by Gasteiger charge is -2.31. The Bertz CT molecular complexity index is 2410. The van der Waals surface area contributed by atoms with E-state index < -0.39 is 72.3 Å². The minimum atomic E-state index is -1.57. The molecular formula is C48H56N8O9. The number of alkyl carbamates (subject to hydrolysis) is 1. The number of esters is 1. The summed E-state index contributed by atoms with van der Waals surface area (Å²) in [5.41, 5.74) is 10.2. The molecular weight excluding hydrogens is 833 g/mol. The van der Waals surface area contributed by atoms with Crippen LogP contribution in [0.4, 0.5) is 15.3 Å². The maximum Gasteiger partial charge on any atom is 0.407 e. The number of methoxy groups -OCH3 is 1. The summed E-state index contributed by atoms with van der Waals surface area (Å²) in [5.74, 6) is -4.03. The maximum absolute atomic E-state index is 14.4. The molecule has 65 heavy (non-hydrogen) atoms. The third kappa shape index (κ3) is 14.7. The molecule has 342 valence electrons. The van der Waals surface area contributed by atoms with E-state index >= 15 is 0 Å². The number of amides is 7. The number of para-hydroxylation sites is 2. The number of rotatable bonds is 22. The first-order chi connectivity index (χ1) is 31.3. The minimum absolute atomic E-state index is 0.00379. The number of unbranched alkanes of at least 4 members (excludes halogenated alkanes) is 1. The fourth-order valence-corrected chi connectivity index (χ4v) is 7.13. The van der Waals surface area contributed by atoms with Crippen LogP contribution in [-0.4, -0.2) is 96.5 Å². The van der Waals surface area contributed by atoms with Gasteiger partial charge in [0.25, 0.3) is 0 Å². The van der Waals surface area contributed by atoms with Gasteiger partial charge < -0.3 is 51.7 Å². The van der Waals surface area contributed by atoms with Crippen molar-refractivity contribution in [2.45, 2.75) is 76.2 Å². The van der Waals surface area contributed by atoms with Gasteiger partial charge in [-0.1, -0.05) is 97.1 Å². The number of likely N-dealkylation sites (N-methyl/N-ethyl adjacent to an activating group) is 1. The number of nitrogens with one attached hydrogen (secondary N) is 6. The van der Waals surface area contributed by atoms with E-state index in [0.29, 0.717) is 35.2 Å². The molecule has 4 aromatic carbocycles. The standard InChI is InChI=1S/C48H56N8O9/c1-31-16-10-12-22-36(31)54-47(62)50-25-15-14-24-38(52-45(60)39(55-48(63)64-3)27-34-29-51-37-23-13-11-21-35(34)37)44(59)53-40(28-42(57)65-30-33-19-8-5-9-20-33)46(61)56(2)41(43(49)58)26-32-17-6-4-7-18-32/h4-13,16-23,29,38-41,51H,14-15,24-28,30H2,1-3H3,(H2,49,58)(H,52,60)(H,53,59)(H,55,63)(H2,50,54,62)/t38-,39-,40-,41-/m0/s1. The summed E-state index contributed by atoms with van der Waals surface area (Å²) >= 11 is 0. The molecule has 5 aromatic rings. The van der Waals surface area contributed by atoms with Gasteiger partial charge in [0.1, 0.15) is 30.8 Å². The molecule has 1 aromatic heterocycles. The van der Waals surface area contributed by atoms with Crippen LogP contribution >= 0.6 is 0 Å². The first-order valence-corrected chi connectivity index (χ1v) is 21.2. The zero-order chi connectivity index (χ0) is 46.7. The number of aromatic amines is 1. The Morgan fingerprint density at radius 3 is 2.05 bits per heavy atom. The third-order valence-corrected chi connectivity index (χ3v) is 10.8. The topological polar surface area (TPSA) is 243 Å². The second-order valence-corrected chi connectivity index (χ2v) is 15.5. The van der Waals surface area contributed by atoms with E-state index in [-0.39, 0.29) is 32.4 Å². The number of carbonyl (C=O) groups is 7. The lowest BCUT2D eigenvalue weighted by molar-refractivity contribution is -0.150. The summed E-state index contributed by atoms with van der Waals surface area (Å²) in [6.07, 6.45) is 0.929. The van der Waals surface area contributed by atoms with Crippen LogP contribution in [0.15, 0.2) is 115 Å². The molecule has 0 bridgehead atoms. The fourth-order valence-electron chi connectivity index (χ4n) is 7.13. The van der Waals surface area contributed by atoms with Gasteiger partial charge in [0.15, 0.2) is 0 Å². The Kier molecular flexibility index (Phi) is 18.0. The largest absolute Gasteiger partial charge is 0.461 e. The highest BCUT2D eigenvalue weighted by atomic mass is 16.5. The van der Waals surface area contributed by atoms with Gasteiger partial charge in [-0.2, -0.15) is 0 Å². The number of H-pyrrole nitrogens is 1. The predicted octanol–water partition coefficient (Wildman–Crippen LogP) is 4.39. The number of aryl methyl sites for hydroxylation is 1. The van der Waals surface area contributed by atoms with Crippen molar-refractivity contribution >= 4 is 58.3 Å². The zero-order valence-corrected chi connectivity index (χ0v) is 36.6. The Balaban J connectivity index is 1.37. The molecule has 0 aliphatic carbocycles. The Labute approximate surface area is 377 Å². The Hall–Kier alpha value is -7.69. The molecule has 0 radical (unpaired) electrons. The van der Waals surface area contributed by atoms with E-state index in [4.69, 9.17) is 15.2 Å². The van der Waals surface area contributed by atoms with Gasteiger partial charge in [-0.25, -0.2) is 9.59 Å². The van der Waals surface area contributed by atoms with E-state index in [9.17, 15) is 33.6 Å². The van der Waals surface area contributed by atoms with Crippen LogP contribution in [0, 0.1) is 6.92 Å². The molecule has 0 spiro atoms. The Morgan fingerprint density at radius 2 is 1.35 bits per heavy atom. The number of fused-ring (bicyclic) bond motifs is 1. The molecule has 17 heteroatoms. The summed E-state index contributed by atoms with van der Waals surface area (Å²) in [6.45, 7) is 1.97. The molecule has 17 nitrogen and oxygen atoms in total. The lowest BCUT2D eigenvalue weighted by Crippen LogP contribution is -2.59. The van der Waals surface area contributed by atoms with E-state index in [1.807, 2.05) is 43.3 Å². The number of benzene rings is 4. The number of carbonyl (C=O) groups excluding carboxylic acids is 7. The predicted molar refractivity (Wildman–Crippen MR) is 244 cm³/mol. The second-order valence-electron chi connectivity index (χ2n) is 15.5. The summed E-state index contributed by atoms with van der Waals surface area (Å²) in [5, 5.41) is 14.4. The lowest BCUT2D eigenvalue weighted by atomic mass is 10.0. The molecule has 8 N–H and O–H groups in total. The smallest absolute Gasteiger partial charge is 0.407 e. The molecule has 7 amide bonds. The van der Waals surface area contributed by atoms with E-state index in [1.165, 1.54) is 7.05 Å². The molecule has 0 fully saturated rings. The molecule has 0 aliphatic rings. The van der Waals surface area contributed by atoms with Gasteiger partial charge in [-0.15, -0.1) is 0 Å². The molecule has 0 saturated carbocycles. The molecule has 5 rings (SSSR count). The van der Waals surface area contributed by atoms with Crippen molar-refractivity contribution in [3.8, 4) is 0 Å². The van der Waals surface area contributed by atoms with Crippen molar-refractivity contribution < 1.29 is 43.0 Å². The van der Waals surface area contributed by atoms with Gasteiger partial charge >= 0.3 is 18.1 Å². The fraction of sp³-hybridized carbons (Fsp3) is 0.312. The van der Waals surface area contributed by atoms with Crippen LogP contribution in [0.2, 0.25) is 0 Å². The van der Waals surface area contributed by atoms with Crippen molar-refractivity contribution in [3.05, 3.63) is 138 Å². The van der Waals surface area contributed by atoms with Crippen LogP contribution < -0.4 is 32.3 Å². The van der Waals surface area contributed by atoms with Gasteiger partial charge in [0.2, 0.25) is 23.6 Å². The first kappa shape index (κ1) is 48.3. The molecule has 1 heterocycles. The number of nitrogens with two attached hydrogens (primary N) is 1. The van der Waals surface area contributed by atoms with Crippen LogP contribution in [-0.2, 0) is 52.9 Å². The first-order valence-electron chi connectivity index (χ1n) is 21.2. The number of urea groups is 1. The van der Waals surface area contributed by atoms with Crippen LogP contribution in [0.25, 0.3) is 10.9 Å². The SMILES string of the molecule is COC(=O)N[C@@H](Cc1c[nH]c2ccccc12)C(=O)N[C@@H](CCCCNC(=O)Nc1ccccc1C)C(=O)N[C@@H](CC(=O)OCc1ccccc1)C(=O)N(C)[C@@H](Cc1ccccc1)C(N)=O. The molecule has 0 aliphatic heterocycles. The monoisotopic (exact) mass is 888 g/mol. The third-order valence-electron chi connectivity index (χ3n) is 10.8.